The van der Waals surface area contributed by atoms with E-state index < -0.39 is 35.6 Å². The number of fused-ring (bicyclic) bond motifs is 1. The zero-order chi connectivity index (χ0) is 24.0. The molecule has 0 radical (unpaired) electrons. The molecule has 2 atom stereocenters. The summed E-state index contributed by atoms with van der Waals surface area (Å²) in [5.74, 6) is -1.18. The SMILES string of the molecule is CC(C)(C)OC(=O)N[C@@H](Cc1c[nH]c2ccccc12)C(=O)N[C@@H](Cc1ccccc1)C(N)=O. The van der Waals surface area contributed by atoms with Crippen LogP contribution in [0, 0.1) is 0 Å². The Bertz CT molecular complexity index is 1120. The van der Waals surface area contributed by atoms with Gasteiger partial charge in [0.2, 0.25) is 11.8 Å². The van der Waals surface area contributed by atoms with Crippen LogP contribution in [0.3, 0.4) is 0 Å². The van der Waals surface area contributed by atoms with Crippen molar-refractivity contribution < 1.29 is 19.1 Å². The predicted molar refractivity (Wildman–Crippen MR) is 126 cm³/mol. The minimum absolute atomic E-state index is 0.200. The molecule has 0 bridgehead atoms. The number of ether oxygens (including phenoxy) is 1. The molecule has 2 aromatic carbocycles. The number of rotatable bonds is 8. The first-order valence-electron chi connectivity index (χ1n) is 10.8. The maximum Gasteiger partial charge on any atom is 0.408 e. The summed E-state index contributed by atoms with van der Waals surface area (Å²) in [5.41, 5.74) is 7.45. The van der Waals surface area contributed by atoms with E-state index in [1.807, 2.05) is 54.6 Å². The maximum absolute atomic E-state index is 13.2. The number of H-pyrrole nitrogens is 1. The molecule has 0 unspecified atom stereocenters. The topological polar surface area (TPSA) is 126 Å². The third-order valence-corrected chi connectivity index (χ3v) is 5.05. The van der Waals surface area contributed by atoms with Gasteiger partial charge in [0, 0.05) is 29.9 Å². The molecule has 8 heteroatoms. The highest BCUT2D eigenvalue weighted by Gasteiger charge is 2.28. The molecular weight excluding hydrogens is 420 g/mol. The Labute approximate surface area is 192 Å². The minimum atomic E-state index is -0.975. The Kier molecular flexibility index (Phi) is 7.37. The Morgan fingerprint density at radius 3 is 2.27 bits per heavy atom. The van der Waals surface area contributed by atoms with Crippen LogP contribution in [0.5, 0.6) is 0 Å². The van der Waals surface area contributed by atoms with Gasteiger partial charge in [-0.1, -0.05) is 48.5 Å². The fourth-order valence-corrected chi connectivity index (χ4v) is 3.52. The van der Waals surface area contributed by atoms with Crippen molar-refractivity contribution in [1.29, 1.82) is 0 Å². The maximum atomic E-state index is 13.2. The summed E-state index contributed by atoms with van der Waals surface area (Å²) in [6, 6.07) is 15.0. The summed E-state index contributed by atoms with van der Waals surface area (Å²) in [6.45, 7) is 5.22. The molecule has 0 aliphatic heterocycles. The van der Waals surface area contributed by atoms with Gasteiger partial charge in [-0.05, 0) is 38.0 Å². The van der Waals surface area contributed by atoms with E-state index >= 15 is 0 Å². The Balaban J connectivity index is 1.81. The highest BCUT2D eigenvalue weighted by Crippen LogP contribution is 2.19. The molecule has 0 saturated carbocycles. The largest absolute Gasteiger partial charge is 0.444 e. The summed E-state index contributed by atoms with van der Waals surface area (Å²) in [4.78, 5) is 40.9. The smallest absolute Gasteiger partial charge is 0.408 e. The van der Waals surface area contributed by atoms with Crippen molar-refractivity contribution in [3.8, 4) is 0 Å². The number of nitrogens with one attached hydrogen (secondary N) is 3. The van der Waals surface area contributed by atoms with Crippen LogP contribution in [-0.4, -0.2) is 40.6 Å². The van der Waals surface area contributed by atoms with Crippen LogP contribution in [0.1, 0.15) is 31.9 Å². The van der Waals surface area contributed by atoms with E-state index in [1.165, 1.54) is 0 Å². The van der Waals surface area contributed by atoms with Crippen LogP contribution in [0.4, 0.5) is 4.79 Å². The van der Waals surface area contributed by atoms with Crippen LogP contribution < -0.4 is 16.4 Å². The molecule has 33 heavy (non-hydrogen) atoms. The van der Waals surface area contributed by atoms with Gasteiger partial charge in [0.05, 0.1) is 0 Å². The second-order valence-corrected chi connectivity index (χ2v) is 8.92. The van der Waals surface area contributed by atoms with Gasteiger partial charge >= 0.3 is 6.09 Å². The average Bonchev–Trinajstić information content (AvgIpc) is 3.15. The lowest BCUT2D eigenvalue weighted by atomic mass is 10.0. The van der Waals surface area contributed by atoms with E-state index in [4.69, 9.17) is 10.5 Å². The van der Waals surface area contributed by atoms with Gasteiger partial charge in [0.15, 0.2) is 0 Å². The van der Waals surface area contributed by atoms with Crippen molar-refractivity contribution in [1.82, 2.24) is 15.6 Å². The normalized spacial score (nSPS) is 13.2. The number of alkyl carbamates (subject to hydrolysis) is 1. The van der Waals surface area contributed by atoms with Gasteiger partial charge < -0.3 is 26.1 Å². The quantitative estimate of drug-likeness (QED) is 0.421. The van der Waals surface area contributed by atoms with Gasteiger partial charge in [-0.25, -0.2) is 4.79 Å². The average molecular weight is 451 g/mol. The van der Waals surface area contributed by atoms with E-state index in [1.54, 1.807) is 27.0 Å². The number of amides is 3. The lowest BCUT2D eigenvalue weighted by Crippen LogP contribution is -2.54. The summed E-state index contributed by atoms with van der Waals surface area (Å²) in [5, 5.41) is 6.29. The number of primary amides is 1. The van der Waals surface area contributed by atoms with E-state index in [0.29, 0.717) is 0 Å². The molecule has 0 aliphatic carbocycles. The monoisotopic (exact) mass is 450 g/mol. The number of carbonyl (C=O) groups is 3. The van der Waals surface area contributed by atoms with E-state index in [2.05, 4.69) is 15.6 Å². The Morgan fingerprint density at radius 2 is 1.61 bits per heavy atom. The second-order valence-electron chi connectivity index (χ2n) is 8.92. The molecule has 3 rings (SSSR count). The van der Waals surface area contributed by atoms with Gasteiger partial charge in [-0.3, -0.25) is 9.59 Å². The molecule has 3 aromatic rings. The van der Waals surface area contributed by atoms with Crippen LogP contribution >= 0.6 is 0 Å². The molecule has 0 spiro atoms. The van der Waals surface area contributed by atoms with Crippen molar-refractivity contribution in [3.05, 3.63) is 71.9 Å². The van der Waals surface area contributed by atoms with Crippen molar-refractivity contribution in [2.24, 2.45) is 5.73 Å². The fraction of sp³-hybridized carbons (Fsp3) is 0.320. The van der Waals surface area contributed by atoms with E-state index in [9.17, 15) is 14.4 Å². The number of hydrogen-bond acceptors (Lipinski definition) is 4. The number of nitrogens with two attached hydrogens (primary N) is 1. The van der Waals surface area contributed by atoms with E-state index in [0.717, 1.165) is 22.0 Å². The van der Waals surface area contributed by atoms with Gasteiger partial charge in [-0.2, -0.15) is 0 Å². The molecule has 3 amide bonds. The predicted octanol–water partition coefficient (Wildman–Crippen LogP) is 2.82. The third kappa shape index (κ3) is 6.83. The molecule has 1 aromatic heterocycles. The van der Waals surface area contributed by atoms with Crippen LogP contribution in [0.25, 0.3) is 10.9 Å². The van der Waals surface area contributed by atoms with Crippen LogP contribution in [0.2, 0.25) is 0 Å². The molecule has 174 valence electrons. The third-order valence-electron chi connectivity index (χ3n) is 5.05. The Hall–Kier alpha value is -3.81. The highest BCUT2D eigenvalue weighted by molar-refractivity contribution is 5.92. The molecule has 0 fully saturated rings. The summed E-state index contributed by atoms with van der Waals surface area (Å²) >= 11 is 0. The van der Waals surface area contributed by atoms with Crippen molar-refractivity contribution in [2.75, 3.05) is 0 Å². The Morgan fingerprint density at radius 1 is 0.939 bits per heavy atom. The number of hydrogen-bond donors (Lipinski definition) is 4. The number of carbonyl (C=O) groups excluding carboxylic acids is 3. The number of aromatic amines is 1. The van der Waals surface area contributed by atoms with Gasteiger partial charge in [-0.15, -0.1) is 0 Å². The molecule has 1 heterocycles. The minimum Gasteiger partial charge on any atom is -0.444 e. The standard InChI is InChI=1S/C25H30N4O4/c1-25(2,3)33-24(32)29-21(14-17-15-27-19-12-8-7-11-18(17)19)23(31)28-20(22(26)30)13-16-9-5-4-6-10-16/h4-12,15,20-21,27H,13-14H2,1-3H3,(H2,26,30)(H,28,31)(H,29,32)/t20-,21-/m0/s1. The first kappa shape index (κ1) is 23.8. The first-order chi connectivity index (χ1) is 15.6. The summed E-state index contributed by atoms with van der Waals surface area (Å²) in [6.07, 6.45) is 1.53. The lowest BCUT2D eigenvalue weighted by Gasteiger charge is -2.24. The first-order valence-corrected chi connectivity index (χ1v) is 10.8. The molecular formula is C25H30N4O4. The molecule has 8 nitrogen and oxygen atoms in total. The van der Waals surface area contributed by atoms with Crippen molar-refractivity contribution in [3.63, 3.8) is 0 Å². The number of benzene rings is 2. The summed E-state index contributed by atoms with van der Waals surface area (Å²) in [7, 11) is 0. The van der Waals surface area contributed by atoms with Gasteiger partial charge in [0.25, 0.3) is 0 Å². The second kappa shape index (κ2) is 10.2. The van der Waals surface area contributed by atoms with Gasteiger partial charge in [0.1, 0.15) is 17.7 Å². The van der Waals surface area contributed by atoms with Crippen molar-refractivity contribution >= 4 is 28.8 Å². The van der Waals surface area contributed by atoms with E-state index in [-0.39, 0.29) is 12.8 Å². The zero-order valence-electron chi connectivity index (χ0n) is 19.1. The highest BCUT2D eigenvalue weighted by atomic mass is 16.6. The van der Waals surface area contributed by atoms with Crippen molar-refractivity contribution in [2.45, 2.75) is 51.3 Å². The molecule has 0 saturated heterocycles. The fourth-order valence-electron chi connectivity index (χ4n) is 3.52. The summed E-state index contributed by atoms with van der Waals surface area (Å²) < 4.78 is 5.34. The number of aromatic nitrogens is 1. The van der Waals surface area contributed by atoms with Crippen LogP contribution in [0.15, 0.2) is 60.8 Å². The number of para-hydroxylation sites is 1. The molecule has 5 N–H and O–H groups in total. The lowest BCUT2D eigenvalue weighted by molar-refractivity contribution is -0.128. The zero-order valence-corrected chi connectivity index (χ0v) is 19.1. The molecule has 0 aliphatic rings. The van der Waals surface area contributed by atoms with Crippen LogP contribution in [-0.2, 0) is 27.2 Å².